The fraction of sp³-hybridized carbons (Fsp3) is 0.182. The maximum absolute atomic E-state index is 13.5. The highest BCUT2D eigenvalue weighted by Gasteiger charge is 2.15. The second-order valence-electron chi connectivity index (χ2n) is 3.48. The molecule has 0 aliphatic heterocycles. The normalized spacial score (nSPS) is 10.8. The quantitative estimate of drug-likeness (QED) is 0.785. The van der Waals surface area contributed by atoms with Crippen molar-refractivity contribution in [3.63, 3.8) is 0 Å². The van der Waals surface area contributed by atoms with Crippen molar-refractivity contribution in [2.24, 2.45) is 7.05 Å². The summed E-state index contributed by atoms with van der Waals surface area (Å²) in [5, 5.41) is 0. The average molecular weight is 287 g/mol. The molecule has 1 aromatic carbocycles. The molecular formula is C11H9BrF2N2. The van der Waals surface area contributed by atoms with Gasteiger partial charge in [0.1, 0.15) is 27.8 Å². The van der Waals surface area contributed by atoms with Crippen LogP contribution in [0, 0.1) is 18.6 Å². The molecular weight excluding hydrogens is 278 g/mol. The maximum Gasteiger partial charge on any atom is 0.132 e. The van der Waals surface area contributed by atoms with Gasteiger partial charge in [0.25, 0.3) is 0 Å². The van der Waals surface area contributed by atoms with Crippen molar-refractivity contribution in [3.8, 4) is 11.3 Å². The highest BCUT2D eigenvalue weighted by Crippen LogP contribution is 2.30. The summed E-state index contributed by atoms with van der Waals surface area (Å²) in [7, 11) is 1.80. The average Bonchev–Trinajstić information content (AvgIpc) is 2.50. The van der Waals surface area contributed by atoms with Gasteiger partial charge in [0.05, 0.1) is 0 Å². The van der Waals surface area contributed by atoms with Crippen LogP contribution in [0.5, 0.6) is 0 Å². The first-order chi connectivity index (χ1) is 7.50. The molecule has 0 aliphatic carbocycles. The van der Waals surface area contributed by atoms with E-state index in [0.717, 1.165) is 24.0 Å². The van der Waals surface area contributed by atoms with E-state index in [-0.39, 0.29) is 5.56 Å². The molecule has 16 heavy (non-hydrogen) atoms. The van der Waals surface area contributed by atoms with Crippen molar-refractivity contribution in [2.75, 3.05) is 0 Å². The topological polar surface area (TPSA) is 17.8 Å². The molecule has 0 unspecified atom stereocenters. The summed E-state index contributed by atoms with van der Waals surface area (Å²) in [4.78, 5) is 4.19. The monoisotopic (exact) mass is 286 g/mol. The Morgan fingerprint density at radius 1 is 1.31 bits per heavy atom. The molecule has 0 N–H and O–H groups in total. The van der Waals surface area contributed by atoms with Gasteiger partial charge < -0.3 is 4.57 Å². The van der Waals surface area contributed by atoms with Crippen molar-refractivity contribution < 1.29 is 8.78 Å². The summed E-state index contributed by atoms with van der Waals surface area (Å²) in [5.41, 5.74) is 0.576. The zero-order valence-corrected chi connectivity index (χ0v) is 10.3. The predicted octanol–water partition coefficient (Wildman–Crippen LogP) is 3.44. The highest BCUT2D eigenvalue weighted by molar-refractivity contribution is 9.10. The minimum absolute atomic E-state index is 0.163. The van der Waals surface area contributed by atoms with Gasteiger partial charge in [0, 0.05) is 12.6 Å². The number of rotatable bonds is 1. The minimum Gasteiger partial charge on any atom is -0.326 e. The second-order valence-corrected chi connectivity index (χ2v) is 4.23. The van der Waals surface area contributed by atoms with Crippen LogP contribution in [0.2, 0.25) is 0 Å². The molecule has 5 heteroatoms. The Balaban J connectivity index is 2.67. The lowest BCUT2D eigenvalue weighted by Gasteiger charge is -2.01. The van der Waals surface area contributed by atoms with Crippen LogP contribution in [0.15, 0.2) is 22.8 Å². The third-order valence-electron chi connectivity index (χ3n) is 2.43. The number of aromatic nitrogens is 2. The van der Waals surface area contributed by atoms with Crippen LogP contribution in [0.1, 0.15) is 5.82 Å². The number of aryl methyl sites for hydroxylation is 1. The van der Waals surface area contributed by atoms with Crippen LogP contribution < -0.4 is 0 Å². The molecule has 1 aromatic heterocycles. The molecule has 2 aromatic rings. The van der Waals surface area contributed by atoms with Gasteiger partial charge in [-0.25, -0.2) is 13.8 Å². The Bertz CT molecular complexity index is 549. The van der Waals surface area contributed by atoms with Gasteiger partial charge in [-0.2, -0.15) is 0 Å². The molecule has 0 fully saturated rings. The molecule has 0 bridgehead atoms. The first-order valence-electron chi connectivity index (χ1n) is 4.65. The van der Waals surface area contributed by atoms with Crippen LogP contribution in [-0.2, 0) is 7.05 Å². The zero-order valence-electron chi connectivity index (χ0n) is 8.76. The number of nitrogens with zero attached hydrogens (tertiary/aromatic N) is 2. The van der Waals surface area contributed by atoms with E-state index in [0.29, 0.717) is 10.3 Å². The van der Waals surface area contributed by atoms with Gasteiger partial charge in [0.15, 0.2) is 0 Å². The SMILES string of the molecule is Cc1nc(-c2cc(F)ccc2F)c(Br)n1C. The third-order valence-corrected chi connectivity index (χ3v) is 3.34. The molecule has 84 valence electrons. The van der Waals surface area contributed by atoms with Gasteiger partial charge in [0.2, 0.25) is 0 Å². The zero-order chi connectivity index (χ0) is 11.9. The van der Waals surface area contributed by atoms with Crippen molar-refractivity contribution >= 4 is 15.9 Å². The smallest absolute Gasteiger partial charge is 0.132 e. The predicted molar refractivity (Wildman–Crippen MR) is 61.0 cm³/mol. The van der Waals surface area contributed by atoms with Gasteiger partial charge in [-0.15, -0.1) is 0 Å². The molecule has 0 saturated carbocycles. The van der Waals surface area contributed by atoms with E-state index in [4.69, 9.17) is 0 Å². The van der Waals surface area contributed by atoms with Crippen molar-refractivity contribution in [2.45, 2.75) is 6.92 Å². The molecule has 2 rings (SSSR count). The third kappa shape index (κ3) is 1.75. The Labute approximate surface area is 100 Å². The Hall–Kier alpha value is -1.23. The van der Waals surface area contributed by atoms with Gasteiger partial charge in [-0.05, 0) is 41.1 Å². The van der Waals surface area contributed by atoms with E-state index in [1.54, 1.807) is 18.5 Å². The summed E-state index contributed by atoms with van der Waals surface area (Å²) < 4.78 is 29.0. The van der Waals surface area contributed by atoms with Crippen molar-refractivity contribution in [3.05, 3.63) is 40.3 Å². The van der Waals surface area contributed by atoms with E-state index < -0.39 is 11.6 Å². The molecule has 2 nitrogen and oxygen atoms in total. The van der Waals surface area contributed by atoms with E-state index >= 15 is 0 Å². The lowest BCUT2D eigenvalue weighted by Crippen LogP contribution is -1.90. The fourth-order valence-electron chi connectivity index (χ4n) is 1.43. The Morgan fingerprint density at radius 3 is 2.56 bits per heavy atom. The largest absolute Gasteiger partial charge is 0.326 e. The summed E-state index contributed by atoms with van der Waals surface area (Å²) in [6.07, 6.45) is 0. The van der Waals surface area contributed by atoms with Crippen LogP contribution in [0.4, 0.5) is 8.78 Å². The lowest BCUT2D eigenvalue weighted by molar-refractivity contribution is 0.602. The number of halogens is 3. The minimum atomic E-state index is -0.486. The fourth-order valence-corrected chi connectivity index (χ4v) is 1.99. The summed E-state index contributed by atoms with van der Waals surface area (Å²) in [6.45, 7) is 1.80. The Kier molecular flexibility index (Phi) is 2.80. The van der Waals surface area contributed by atoms with Crippen LogP contribution in [0.3, 0.4) is 0 Å². The molecule has 0 atom stereocenters. The molecule has 1 heterocycles. The van der Waals surface area contributed by atoms with E-state index in [9.17, 15) is 8.78 Å². The molecule has 0 amide bonds. The number of hydrogen-bond donors (Lipinski definition) is 0. The lowest BCUT2D eigenvalue weighted by atomic mass is 10.1. The Morgan fingerprint density at radius 2 is 2.00 bits per heavy atom. The maximum atomic E-state index is 13.5. The number of hydrogen-bond acceptors (Lipinski definition) is 1. The first kappa shape index (κ1) is 11.3. The number of benzene rings is 1. The van der Waals surface area contributed by atoms with Crippen molar-refractivity contribution in [1.29, 1.82) is 0 Å². The molecule has 0 spiro atoms. The number of imidazole rings is 1. The van der Waals surface area contributed by atoms with Gasteiger partial charge in [-0.1, -0.05) is 0 Å². The van der Waals surface area contributed by atoms with Crippen LogP contribution in [-0.4, -0.2) is 9.55 Å². The molecule has 0 saturated heterocycles. The second kappa shape index (κ2) is 3.97. The van der Waals surface area contributed by atoms with Crippen LogP contribution in [0.25, 0.3) is 11.3 Å². The summed E-state index contributed by atoms with van der Waals surface area (Å²) in [6, 6.07) is 3.32. The van der Waals surface area contributed by atoms with E-state index in [2.05, 4.69) is 20.9 Å². The van der Waals surface area contributed by atoms with E-state index in [1.807, 2.05) is 0 Å². The highest BCUT2D eigenvalue weighted by atomic mass is 79.9. The standard InChI is InChI=1S/C11H9BrF2N2/c1-6-15-10(11(12)16(6)2)8-5-7(13)3-4-9(8)14/h3-5H,1-2H3. The molecule has 0 aliphatic rings. The van der Waals surface area contributed by atoms with Gasteiger partial charge >= 0.3 is 0 Å². The van der Waals surface area contributed by atoms with E-state index in [1.165, 1.54) is 0 Å². The summed E-state index contributed by atoms with van der Waals surface area (Å²) in [5.74, 6) is -0.239. The summed E-state index contributed by atoms with van der Waals surface area (Å²) >= 11 is 3.31. The molecule has 0 radical (unpaired) electrons. The first-order valence-corrected chi connectivity index (χ1v) is 5.44. The van der Waals surface area contributed by atoms with Gasteiger partial charge in [-0.3, -0.25) is 0 Å². The van der Waals surface area contributed by atoms with Crippen molar-refractivity contribution in [1.82, 2.24) is 9.55 Å². The van der Waals surface area contributed by atoms with Crippen LogP contribution >= 0.6 is 15.9 Å².